The molecule has 0 N–H and O–H groups in total. The third kappa shape index (κ3) is 3.84. The Balaban J connectivity index is 1.61. The summed E-state index contributed by atoms with van der Waals surface area (Å²) in [6.45, 7) is 8.27. The van der Waals surface area contributed by atoms with Crippen LogP contribution in [0.4, 0.5) is 5.82 Å². The number of morpholine rings is 1. The Morgan fingerprint density at radius 2 is 1.86 bits per heavy atom. The summed E-state index contributed by atoms with van der Waals surface area (Å²) in [6.07, 6.45) is 0.996. The van der Waals surface area contributed by atoms with Crippen LogP contribution in [0.15, 0.2) is 24.3 Å². The van der Waals surface area contributed by atoms with E-state index in [1.807, 2.05) is 11.0 Å². The number of rotatable bonds is 5. The Hall–Kier alpha value is -2.18. The Labute approximate surface area is 170 Å². The van der Waals surface area contributed by atoms with Crippen molar-refractivity contribution in [3.8, 4) is 0 Å². The molecule has 2 aromatic rings. The maximum Gasteiger partial charge on any atom is 0.273 e. The minimum absolute atomic E-state index is 0.0758. The van der Waals surface area contributed by atoms with Gasteiger partial charge in [-0.2, -0.15) is 0 Å². The van der Waals surface area contributed by atoms with Crippen molar-refractivity contribution < 1.29 is 9.53 Å². The summed E-state index contributed by atoms with van der Waals surface area (Å²) in [6, 6.07) is 8.35. The SMILES string of the molecule is CC(C)Cc1ccccc1CN1Cc2c(nc(Cl)nc2N2CCOCC2)C1=O. The molecular weight excluding hydrogens is 376 g/mol. The summed E-state index contributed by atoms with van der Waals surface area (Å²) in [7, 11) is 0. The quantitative estimate of drug-likeness (QED) is 0.720. The third-order valence-corrected chi connectivity index (χ3v) is 5.38. The first-order chi connectivity index (χ1) is 13.5. The van der Waals surface area contributed by atoms with Crippen molar-refractivity contribution in [2.24, 2.45) is 5.92 Å². The van der Waals surface area contributed by atoms with Crippen molar-refractivity contribution in [3.63, 3.8) is 0 Å². The fourth-order valence-electron chi connectivity index (χ4n) is 3.90. The molecule has 3 heterocycles. The van der Waals surface area contributed by atoms with E-state index in [4.69, 9.17) is 16.3 Å². The Morgan fingerprint density at radius 3 is 2.57 bits per heavy atom. The van der Waals surface area contributed by atoms with Crippen molar-refractivity contribution in [2.75, 3.05) is 31.2 Å². The number of halogens is 1. The zero-order valence-electron chi connectivity index (χ0n) is 16.3. The maximum atomic E-state index is 13.1. The van der Waals surface area contributed by atoms with Gasteiger partial charge in [-0.3, -0.25) is 4.79 Å². The molecule has 0 spiro atoms. The van der Waals surface area contributed by atoms with Crippen molar-refractivity contribution in [3.05, 3.63) is 51.9 Å². The van der Waals surface area contributed by atoms with Crippen LogP contribution in [0.2, 0.25) is 5.28 Å². The lowest BCUT2D eigenvalue weighted by molar-refractivity contribution is 0.0762. The van der Waals surface area contributed by atoms with Crippen LogP contribution in [0, 0.1) is 5.92 Å². The summed E-state index contributed by atoms with van der Waals surface area (Å²) in [5.74, 6) is 1.25. The first-order valence-electron chi connectivity index (χ1n) is 9.78. The minimum Gasteiger partial charge on any atom is -0.378 e. The van der Waals surface area contributed by atoms with Gasteiger partial charge in [-0.1, -0.05) is 38.1 Å². The molecule has 1 saturated heterocycles. The molecule has 148 valence electrons. The molecule has 1 fully saturated rings. The van der Waals surface area contributed by atoms with Gasteiger partial charge in [0.1, 0.15) is 11.5 Å². The normalized spacial score (nSPS) is 16.8. The lowest BCUT2D eigenvalue weighted by Gasteiger charge is -2.29. The average molecular weight is 401 g/mol. The molecular formula is C21H25ClN4O2. The van der Waals surface area contributed by atoms with Gasteiger partial charge in [0.05, 0.1) is 19.8 Å². The van der Waals surface area contributed by atoms with E-state index >= 15 is 0 Å². The van der Waals surface area contributed by atoms with Crippen molar-refractivity contribution in [2.45, 2.75) is 33.4 Å². The lowest BCUT2D eigenvalue weighted by Crippen LogP contribution is -2.37. The summed E-state index contributed by atoms with van der Waals surface area (Å²) < 4.78 is 5.44. The van der Waals surface area contributed by atoms with Gasteiger partial charge in [0.2, 0.25) is 5.28 Å². The molecule has 0 bridgehead atoms. The van der Waals surface area contributed by atoms with E-state index in [1.54, 1.807) is 0 Å². The maximum absolute atomic E-state index is 13.1. The van der Waals surface area contributed by atoms with E-state index in [-0.39, 0.29) is 11.2 Å². The standard InChI is InChI=1S/C21H25ClN4O2/c1-14(2)11-15-5-3-4-6-16(15)12-26-13-17-18(20(26)27)23-21(22)24-19(17)25-7-9-28-10-8-25/h3-6,14H,7-13H2,1-2H3. The topological polar surface area (TPSA) is 58.6 Å². The van der Waals surface area contributed by atoms with Crippen LogP contribution in [-0.2, 0) is 24.2 Å². The van der Waals surface area contributed by atoms with Crippen LogP contribution >= 0.6 is 11.6 Å². The van der Waals surface area contributed by atoms with Crippen LogP contribution in [0.25, 0.3) is 0 Å². The average Bonchev–Trinajstić information content (AvgIpc) is 2.99. The summed E-state index contributed by atoms with van der Waals surface area (Å²) in [5.41, 5.74) is 3.78. The predicted octanol–water partition coefficient (Wildman–Crippen LogP) is 3.32. The molecule has 1 aromatic heterocycles. The van der Waals surface area contributed by atoms with E-state index in [2.05, 4.69) is 46.9 Å². The van der Waals surface area contributed by atoms with Crippen molar-refractivity contribution in [1.82, 2.24) is 14.9 Å². The van der Waals surface area contributed by atoms with E-state index < -0.39 is 0 Å². The highest BCUT2D eigenvalue weighted by atomic mass is 35.5. The number of benzene rings is 1. The zero-order valence-corrected chi connectivity index (χ0v) is 17.1. The van der Waals surface area contributed by atoms with Gasteiger partial charge in [0.15, 0.2) is 0 Å². The number of nitrogens with zero attached hydrogens (tertiary/aromatic N) is 4. The van der Waals surface area contributed by atoms with E-state index in [0.29, 0.717) is 37.9 Å². The van der Waals surface area contributed by atoms with Gasteiger partial charge >= 0.3 is 0 Å². The summed E-state index contributed by atoms with van der Waals surface area (Å²) in [5, 5.41) is 0.121. The fraction of sp³-hybridized carbons (Fsp3) is 0.476. The highest BCUT2D eigenvalue weighted by Gasteiger charge is 2.34. The first-order valence-corrected chi connectivity index (χ1v) is 10.2. The molecule has 4 rings (SSSR count). The molecule has 0 aliphatic carbocycles. The molecule has 2 aliphatic rings. The number of ether oxygens (including phenoxy) is 1. The number of amides is 1. The fourth-order valence-corrected chi connectivity index (χ4v) is 4.07. The van der Waals surface area contributed by atoms with Crippen LogP contribution in [-0.4, -0.2) is 47.1 Å². The summed E-state index contributed by atoms with van der Waals surface area (Å²) in [4.78, 5) is 25.7. The lowest BCUT2D eigenvalue weighted by atomic mass is 9.98. The number of carbonyl (C=O) groups excluding carboxylic acids is 1. The molecule has 0 unspecified atom stereocenters. The molecule has 0 saturated carbocycles. The van der Waals surface area contributed by atoms with Gasteiger partial charge in [-0.05, 0) is 35.1 Å². The second-order valence-corrected chi connectivity index (χ2v) is 8.11. The van der Waals surface area contributed by atoms with E-state index in [9.17, 15) is 4.79 Å². The molecule has 1 aromatic carbocycles. The molecule has 1 amide bonds. The molecule has 6 nitrogen and oxygen atoms in total. The van der Waals surface area contributed by atoms with Crippen LogP contribution in [0.3, 0.4) is 0 Å². The number of carbonyl (C=O) groups is 1. The largest absolute Gasteiger partial charge is 0.378 e. The van der Waals surface area contributed by atoms with Gasteiger partial charge in [0, 0.05) is 25.2 Å². The Bertz CT molecular complexity index is 881. The Kier molecular flexibility index (Phi) is 5.51. The van der Waals surface area contributed by atoms with Crippen LogP contribution < -0.4 is 4.90 Å². The van der Waals surface area contributed by atoms with Crippen LogP contribution in [0.1, 0.15) is 41.0 Å². The molecule has 0 atom stereocenters. The number of aromatic nitrogens is 2. The minimum atomic E-state index is -0.0758. The predicted molar refractivity (Wildman–Crippen MR) is 109 cm³/mol. The van der Waals surface area contributed by atoms with E-state index in [1.165, 1.54) is 11.1 Å². The van der Waals surface area contributed by atoms with Gasteiger partial charge < -0.3 is 14.5 Å². The van der Waals surface area contributed by atoms with E-state index in [0.717, 1.165) is 30.9 Å². The zero-order chi connectivity index (χ0) is 19.7. The molecule has 7 heteroatoms. The monoisotopic (exact) mass is 400 g/mol. The molecule has 2 aliphatic heterocycles. The van der Waals surface area contributed by atoms with Gasteiger partial charge in [-0.25, -0.2) is 9.97 Å². The Morgan fingerprint density at radius 1 is 1.14 bits per heavy atom. The van der Waals surface area contributed by atoms with Crippen molar-refractivity contribution in [1.29, 1.82) is 0 Å². The number of anilines is 1. The third-order valence-electron chi connectivity index (χ3n) is 5.22. The second-order valence-electron chi connectivity index (χ2n) is 7.77. The van der Waals surface area contributed by atoms with Gasteiger partial charge in [0.25, 0.3) is 5.91 Å². The van der Waals surface area contributed by atoms with Gasteiger partial charge in [-0.15, -0.1) is 0 Å². The smallest absolute Gasteiger partial charge is 0.273 e. The highest BCUT2D eigenvalue weighted by Crippen LogP contribution is 2.32. The summed E-state index contributed by atoms with van der Waals surface area (Å²) >= 11 is 6.15. The van der Waals surface area contributed by atoms with Crippen LogP contribution in [0.5, 0.6) is 0 Å². The molecule has 0 radical (unpaired) electrons. The van der Waals surface area contributed by atoms with Crippen molar-refractivity contribution >= 4 is 23.3 Å². The first kappa shape index (κ1) is 19.2. The second kappa shape index (κ2) is 8.05. The number of fused-ring (bicyclic) bond motifs is 1. The number of hydrogen-bond donors (Lipinski definition) is 0. The highest BCUT2D eigenvalue weighted by molar-refractivity contribution is 6.28. The molecule has 28 heavy (non-hydrogen) atoms. The number of hydrogen-bond acceptors (Lipinski definition) is 5.